The number of ketones is 2. The summed E-state index contributed by atoms with van der Waals surface area (Å²) < 4.78 is 5.36. The smallest absolute Gasteiger partial charge is 0.168 e. The van der Waals surface area contributed by atoms with Crippen LogP contribution in [0, 0.1) is 12.8 Å². The molecule has 1 atom stereocenters. The summed E-state index contributed by atoms with van der Waals surface area (Å²) >= 11 is 0. The Kier molecular flexibility index (Phi) is 5.90. The molecule has 7 nitrogen and oxygen atoms in total. The Labute approximate surface area is 185 Å². The van der Waals surface area contributed by atoms with Crippen LogP contribution in [0.3, 0.4) is 0 Å². The number of ether oxygens (including phenoxy) is 1. The lowest BCUT2D eigenvalue weighted by Gasteiger charge is -2.16. The number of hydrogen-bond acceptors (Lipinski definition) is 7. The van der Waals surface area contributed by atoms with Crippen molar-refractivity contribution in [3.63, 3.8) is 0 Å². The van der Waals surface area contributed by atoms with Gasteiger partial charge in [0.1, 0.15) is 11.3 Å². The number of hydrogen-bond donors (Lipinski definition) is 0. The molecule has 4 heterocycles. The Balaban J connectivity index is 1.75. The second-order valence-electron chi connectivity index (χ2n) is 7.80. The summed E-state index contributed by atoms with van der Waals surface area (Å²) in [5.41, 5.74) is 5.10. The number of pyridine rings is 4. The Bertz CT molecular complexity index is 1350. The highest BCUT2D eigenvalue weighted by molar-refractivity contribution is 6.09. The predicted octanol–water partition coefficient (Wildman–Crippen LogP) is 4.54. The number of carbonyl (C=O) groups is 2. The first-order valence-corrected chi connectivity index (χ1v) is 10.5. The molecule has 1 unspecified atom stereocenters. The van der Waals surface area contributed by atoms with Gasteiger partial charge in [-0.05, 0) is 42.7 Å². The first-order valence-electron chi connectivity index (χ1n) is 10.5. The SMILES string of the molecule is CCC(=O)c1c(OC)cnc2c(CC(C)C(=O)c3c(C)cnc4cccnc34)ccnc12. The fourth-order valence-electron chi connectivity index (χ4n) is 3.98. The van der Waals surface area contributed by atoms with Crippen LogP contribution in [0.15, 0.2) is 43.0 Å². The van der Waals surface area contributed by atoms with Gasteiger partial charge in [-0.2, -0.15) is 0 Å². The molecule has 0 saturated carbocycles. The maximum Gasteiger partial charge on any atom is 0.168 e. The van der Waals surface area contributed by atoms with Gasteiger partial charge in [0.15, 0.2) is 11.6 Å². The maximum atomic E-state index is 13.5. The van der Waals surface area contributed by atoms with E-state index in [2.05, 4.69) is 19.9 Å². The lowest BCUT2D eigenvalue weighted by atomic mass is 9.90. The van der Waals surface area contributed by atoms with Crippen molar-refractivity contribution < 1.29 is 14.3 Å². The standard InChI is InChI=1S/C25H24N4O3/c1-5-18(30)21-19(32-4)13-29-22-16(8-10-27-24(21)22)11-14(2)25(31)20-15(3)12-28-17-7-6-9-26-23(17)20/h6-10,12-14H,5,11H2,1-4H3. The Morgan fingerprint density at radius 2 is 1.75 bits per heavy atom. The van der Waals surface area contributed by atoms with E-state index in [4.69, 9.17) is 4.74 Å². The van der Waals surface area contributed by atoms with Crippen LogP contribution in [0.2, 0.25) is 0 Å². The van der Waals surface area contributed by atoms with Gasteiger partial charge in [0, 0.05) is 30.9 Å². The quantitative estimate of drug-likeness (QED) is 0.399. The number of nitrogens with zero attached hydrogens (tertiary/aromatic N) is 4. The van der Waals surface area contributed by atoms with Crippen LogP contribution in [0.4, 0.5) is 0 Å². The first kappa shape index (κ1) is 21.5. The summed E-state index contributed by atoms with van der Waals surface area (Å²) in [4.78, 5) is 43.8. The van der Waals surface area contributed by atoms with E-state index in [-0.39, 0.29) is 17.5 Å². The zero-order valence-corrected chi connectivity index (χ0v) is 18.5. The van der Waals surface area contributed by atoms with Crippen LogP contribution in [-0.4, -0.2) is 38.6 Å². The minimum absolute atomic E-state index is 0.00284. The molecule has 0 fully saturated rings. The van der Waals surface area contributed by atoms with Gasteiger partial charge in [-0.3, -0.25) is 29.5 Å². The first-order chi connectivity index (χ1) is 15.5. The number of Topliss-reactive ketones (excluding diaryl/α,β-unsaturated/α-hetero) is 2. The van der Waals surface area contributed by atoms with Gasteiger partial charge in [0.2, 0.25) is 0 Å². The Hall–Kier alpha value is -3.74. The van der Waals surface area contributed by atoms with Crippen molar-refractivity contribution in [2.75, 3.05) is 7.11 Å². The van der Waals surface area contributed by atoms with Crippen LogP contribution in [0.25, 0.3) is 22.1 Å². The molecule has 4 aromatic rings. The van der Waals surface area contributed by atoms with Crippen molar-refractivity contribution in [3.8, 4) is 5.75 Å². The van der Waals surface area contributed by atoms with E-state index in [0.717, 1.165) is 11.1 Å². The van der Waals surface area contributed by atoms with Gasteiger partial charge in [-0.25, -0.2) is 0 Å². The minimum atomic E-state index is -0.332. The molecule has 162 valence electrons. The van der Waals surface area contributed by atoms with Gasteiger partial charge in [0.05, 0.1) is 41.0 Å². The molecule has 0 aromatic carbocycles. The lowest BCUT2D eigenvalue weighted by Crippen LogP contribution is -2.17. The topological polar surface area (TPSA) is 94.9 Å². The van der Waals surface area contributed by atoms with Crippen molar-refractivity contribution in [2.24, 2.45) is 5.92 Å². The van der Waals surface area contributed by atoms with Gasteiger partial charge in [-0.15, -0.1) is 0 Å². The second-order valence-corrected chi connectivity index (χ2v) is 7.80. The maximum absolute atomic E-state index is 13.5. The molecule has 4 aromatic heterocycles. The fourth-order valence-corrected chi connectivity index (χ4v) is 3.98. The number of rotatable bonds is 7. The van der Waals surface area contributed by atoms with Crippen LogP contribution in [0.1, 0.15) is 52.1 Å². The van der Waals surface area contributed by atoms with Gasteiger partial charge >= 0.3 is 0 Å². The summed E-state index contributed by atoms with van der Waals surface area (Å²) in [7, 11) is 1.51. The molecule has 0 radical (unpaired) electrons. The van der Waals surface area contributed by atoms with Crippen molar-refractivity contribution in [1.29, 1.82) is 0 Å². The normalized spacial score (nSPS) is 12.1. The number of carbonyl (C=O) groups excluding carboxylic acids is 2. The molecule has 32 heavy (non-hydrogen) atoms. The predicted molar refractivity (Wildman–Crippen MR) is 122 cm³/mol. The summed E-state index contributed by atoms with van der Waals surface area (Å²) in [6.07, 6.45) is 7.36. The van der Waals surface area contributed by atoms with Crippen LogP contribution in [0.5, 0.6) is 5.75 Å². The monoisotopic (exact) mass is 428 g/mol. The van der Waals surface area contributed by atoms with Gasteiger partial charge in [-0.1, -0.05) is 13.8 Å². The molecule has 0 aliphatic heterocycles. The van der Waals surface area contributed by atoms with Gasteiger partial charge < -0.3 is 4.74 Å². The molecule has 0 aliphatic rings. The molecule has 0 spiro atoms. The van der Waals surface area contributed by atoms with Crippen molar-refractivity contribution in [1.82, 2.24) is 19.9 Å². The van der Waals surface area contributed by atoms with E-state index in [1.807, 2.05) is 26.0 Å². The van der Waals surface area contributed by atoms with Crippen LogP contribution in [-0.2, 0) is 6.42 Å². The average Bonchev–Trinajstić information content (AvgIpc) is 2.82. The van der Waals surface area contributed by atoms with Crippen molar-refractivity contribution in [2.45, 2.75) is 33.6 Å². The van der Waals surface area contributed by atoms with Crippen LogP contribution < -0.4 is 4.74 Å². The minimum Gasteiger partial charge on any atom is -0.494 e. The third-order valence-electron chi connectivity index (χ3n) is 5.66. The Morgan fingerprint density at radius 3 is 2.50 bits per heavy atom. The van der Waals surface area contributed by atoms with E-state index in [1.165, 1.54) is 7.11 Å². The van der Waals surface area contributed by atoms with Crippen LogP contribution >= 0.6 is 0 Å². The van der Waals surface area contributed by atoms with Gasteiger partial charge in [0.25, 0.3) is 0 Å². The van der Waals surface area contributed by atoms with E-state index in [0.29, 0.717) is 51.8 Å². The largest absolute Gasteiger partial charge is 0.494 e. The zero-order chi connectivity index (χ0) is 22.8. The third kappa shape index (κ3) is 3.70. The summed E-state index contributed by atoms with van der Waals surface area (Å²) in [5.74, 6) is 0.00845. The van der Waals surface area contributed by atoms with E-state index >= 15 is 0 Å². The number of aromatic nitrogens is 4. The number of fused-ring (bicyclic) bond motifs is 2. The molecule has 0 amide bonds. The highest BCUT2D eigenvalue weighted by atomic mass is 16.5. The fraction of sp³-hybridized carbons (Fsp3) is 0.280. The molecule has 0 saturated heterocycles. The molecule has 0 bridgehead atoms. The highest BCUT2D eigenvalue weighted by Gasteiger charge is 2.24. The number of methoxy groups -OCH3 is 1. The molecule has 0 N–H and O–H groups in total. The van der Waals surface area contributed by atoms with Crippen molar-refractivity contribution >= 4 is 33.6 Å². The lowest BCUT2D eigenvalue weighted by molar-refractivity contribution is 0.0929. The van der Waals surface area contributed by atoms with E-state index < -0.39 is 0 Å². The number of aryl methyl sites for hydroxylation is 1. The second kappa shape index (κ2) is 8.78. The zero-order valence-electron chi connectivity index (χ0n) is 18.5. The van der Waals surface area contributed by atoms with E-state index in [9.17, 15) is 9.59 Å². The summed E-state index contributed by atoms with van der Waals surface area (Å²) in [5, 5.41) is 0. The highest BCUT2D eigenvalue weighted by Crippen LogP contribution is 2.29. The molecular weight excluding hydrogens is 404 g/mol. The average molecular weight is 428 g/mol. The molecule has 7 heteroatoms. The third-order valence-corrected chi connectivity index (χ3v) is 5.66. The molecule has 4 rings (SSSR count). The molecule has 0 aliphatic carbocycles. The summed E-state index contributed by atoms with van der Waals surface area (Å²) in [6.45, 7) is 5.57. The van der Waals surface area contributed by atoms with E-state index in [1.54, 1.807) is 37.8 Å². The summed E-state index contributed by atoms with van der Waals surface area (Å²) in [6, 6.07) is 5.51. The molecular formula is C25H24N4O3. The Morgan fingerprint density at radius 1 is 0.969 bits per heavy atom. The van der Waals surface area contributed by atoms with Crippen molar-refractivity contribution in [3.05, 3.63) is 65.2 Å².